The number of aliphatic hydroxyl groups is 1. The third kappa shape index (κ3) is 5.00. The maximum Gasteiger partial charge on any atom is 0.339 e. The number of hydrogen-bond donors (Lipinski definition) is 2. The first kappa shape index (κ1) is 25.0. The minimum absolute atomic E-state index is 0.0183. The van der Waals surface area contributed by atoms with Crippen molar-refractivity contribution in [1.82, 2.24) is 9.97 Å². The molecule has 180 valence electrons. The number of carbonyl (C=O) groups is 1. The summed E-state index contributed by atoms with van der Waals surface area (Å²) in [5.74, 6) is -1.17. The Kier molecular flexibility index (Phi) is 7.07. The second kappa shape index (κ2) is 9.33. The molecule has 8 heteroatoms. The Hall–Kier alpha value is -2.61. The number of H-pyrrole nitrogens is 1. The molecule has 1 atom stereocenters. The highest BCUT2D eigenvalue weighted by Crippen LogP contribution is 2.49. The van der Waals surface area contributed by atoms with Crippen LogP contribution in [0.25, 0.3) is 0 Å². The lowest BCUT2D eigenvalue weighted by Crippen LogP contribution is -2.31. The molecule has 33 heavy (non-hydrogen) atoms. The predicted octanol–water partition coefficient (Wildman–Crippen LogP) is 5.22. The van der Waals surface area contributed by atoms with Crippen molar-refractivity contribution in [3.05, 3.63) is 59.1 Å². The lowest BCUT2D eigenvalue weighted by molar-refractivity contribution is -0.150. The van der Waals surface area contributed by atoms with Crippen LogP contribution in [0.15, 0.2) is 53.1 Å². The van der Waals surface area contributed by atoms with Crippen LogP contribution in [0, 0.1) is 5.41 Å². The molecule has 0 saturated carbocycles. The van der Waals surface area contributed by atoms with Crippen molar-refractivity contribution in [2.24, 2.45) is 5.41 Å². The van der Waals surface area contributed by atoms with E-state index in [4.69, 9.17) is 4.74 Å². The largest absolute Gasteiger partial charge is 0.507 e. The number of aromatic amines is 1. The molecule has 1 aliphatic rings. The van der Waals surface area contributed by atoms with E-state index in [0.29, 0.717) is 18.4 Å². The smallest absolute Gasteiger partial charge is 0.339 e. The summed E-state index contributed by atoms with van der Waals surface area (Å²) in [7, 11) is -3.64. The van der Waals surface area contributed by atoms with Crippen LogP contribution in [-0.4, -0.2) is 35.1 Å². The Balaban J connectivity index is 2.07. The topological polar surface area (TPSA) is 109 Å². The van der Waals surface area contributed by atoms with E-state index in [1.807, 2.05) is 40.7 Å². The molecule has 1 aliphatic heterocycles. The molecule has 2 aromatic rings. The van der Waals surface area contributed by atoms with Gasteiger partial charge in [0.1, 0.15) is 5.76 Å². The zero-order chi connectivity index (χ0) is 24.4. The van der Waals surface area contributed by atoms with Crippen molar-refractivity contribution in [3.63, 3.8) is 0 Å². The summed E-state index contributed by atoms with van der Waals surface area (Å²) in [6.45, 7) is 9.99. The van der Waals surface area contributed by atoms with Crippen molar-refractivity contribution in [3.8, 4) is 0 Å². The van der Waals surface area contributed by atoms with Gasteiger partial charge in [-0.25, -0.2) is 18.2 Å². The molecule has 0 radical (unpaired) electrons. The van der Waals surface area contributed by atoms with E-state index in [1.54, 1.807) is 18.2 Å². The number of nitrogens with one attached hydrogen (secondary N) is 1. The molecular formula is C25H34N2O5S. The number of imidazole rings is 1. The molecule has 1 aromatic heterocycles. The molecule has 2 N–H and O–H groups in total. The van der Waals surface area contributed by atoms with Gasteiger partial charge >= 0.3 is 5.97 Å². The van der Waals surface area contributed by atoms with Crippen LogP contribution >= 0.6 is 0 Å². The van der Waals surface area contributed by atoms with Gasteiger partial charge in [-0.1, -0.05) is 71.7 Å². The Morgan fingerprint density at radius 2 is 1.85 bits per heavy atom. The number of esters is 1. The zero-order valence-corrected chi connectivity index (χ0v) is 20.8. The number of benzene rings is 1. The second-order valence-electron chi connectivity index (χ2n) is 9.84. The van der Waals surface area contributed by atoms with E-state index in [0.717, 1.165) is 18.4 Å². The lowest BCUT2D eigenvalue weighted by atomic mass is 9.71. The third-order valence-corrected chi connectivity index (χ3v) is 7.59. The standard InChI is InChI=1S/C25H34N2O5S/c1-6-11-25(12-7-2)21(28)19(22(29)32-25)20(24(3,4)5)18-10-8-9-17(15-18)16-33(30,31)23-26-13-14-27-23/h8-10,13-15,20,28H,6-7,11-12,16H2,1-5H3,(H,26,27). The number of hydrogen-bond acceptors (Lipinski definition) is 6. The monoisotopic (exact) mass is 474 g/mol. The molecule has 0 spiro atoms. The zero-order valence-electron chi connectivity index (χ0n) is 20.0. The van der Waals surface area contributed by atoms with Crippen LogP contribution in [0.4, 0.5) is 0 Å². The Morgan fingerprint density at radius 1 is 1.18 bits per heavy atom. The number of sulfone groups is 1. The van der Waals surface area contributed by atoms with Gasteiger partial charge in [-0.2, -0.15) is 0 Å². The van der Waals surface area contributed by atoms with Gasteiger partial charge in [0, 0.05) is 18.3 Å². The number of aliphatic hydroxyl groups excluding tert-OH is 1. The maximum atomic E-state index is 13.1. The van der Waals surface area contributed by atoms with Crippen molar-refractivity contribution in [2.75, 3.05) is 0 Å². The minimum atomic E-state index is -3.64. The molecule has 2 heterocycles. The Bertz CT molecular complexity index is 1120. The van der Waals surface area contributed by atoms with Gasteiger partial charge in [-0.3, -0.25) is 0 Å². The van der Waals surface area contributed by atoms with E-state index < -0.39 is 32.7 Å². The van der Waals surface area contributed by atoms with E-state index in [2.05, 4.69) is 9.97 Å². The summed E-state index contributed by atoms with van der Waals surface area (Å²) < 4.78 is 31.3. The summed E-state index contributed by atoms with van der Waals surface area (Å²) in [6, 6.07) is 7.18. The van der Waals surface area contributed by atoms with Crippen molar-refractivity contribution in [2.45, 2.75) is 82.7 Å². The van der Waals surface area contributed by atoms with Gasteiger partial charge in [0.15, 0.2) is 5.60 Å². The van der Waals surface area contributed by atoms with E-state index in [1.165, 1.54) is 12.4 Å². The molecular weight excluding hydrogens is 440 g/mol. The normalized spacial score (nSPS) is 17.3. The summed E-state index contributed by atoms with van der Waals surface area (Å²) in [4.78, 5) is 19.6. The van der Waals surface area contributed by atoms with Crippen molar-refractivity contribution in [1.29, 1.82) is 0 Å². The second-order valence-corrected chi connectivity index (χ2v) is 11.7. The van der Waals surface area contributed by atoms with Gasteiger partial charge in [0.25, 0.3) is 0 Å². The number of cyclic esters (lactones) is 1. The van der Waals surface area contributed by atoms with Crippen molar-refractivity contribution >= 4 is 15.8 Å². The first-order valence-electron chi connectivity index (χ1n) is 11.4. The summed E-state index contributed by atoms with van der Waals surface area (Å²) in [5.41, 5.74) is 0.194. The quantitative estimate of drug-likeness (QED) is 0.482. The van der Waals surface area contributed by atoms with E-state index in [9.17, 15) is 18.3 Å². The fourth-order valence-electron chi connectivity index (χ4n) is 4.82. The fraction of sp³-hybridized carbons (Fsp3) is 0.520. The number of carbonyl (C=O) groups excluding carboxylic acids is 1. The molecule has 0 amide bonds. The maximum absolute atomic E-state index is 13.1. The van der Waals surface area contributed by atoms with Crippen molar-refractivity contribution < 1.29 is 23.1 Å². The van der Waals surface area contributed by atoms with Crippen LogP contribution in [0.3, 0.4) is 0 Å². The molecule has 7 nitrogen and oxygen atoms in total. The van der Waals surface area contributed by atoms with Gasteiger partial charge < -0.3 is 14.8 Å². The van der Waals surface area contributed by atoms with Crippen LogP contribution in [0.2, 0.25) is 0 Å². The number of ether oxygens (including phenoxy) is 1. The highest BCUT2D eigenvalue weighted by Gasteiger charge is 2.51. The summed E-state index contributed by atoms with van der Waals surface area (Å²) in [5, 5.41) is 11.3. The lowest BCUT2D eigenvalue weighted by Gasteiger charge is -2.31. The van der Waals surface area contributed by atoms with E-state index in [-0.39, 0.29) is 22.2 Å². The van der Waals surface area contributed by atoms with Crippen LogP contribution in [0.1, 0.15) is 77.3 Å². The molecule has 3 rings (SSSR count). The minimum Gasteiger partial charge on any atom is -0.507 e. The van der Waals surface area contributed by atoms with Crippen LogP contribution in [0.5, 0.6) is 0 Å². The first-order chi connectivity index (χ1) is 15.4. The average Bonchev–Trinajstić information content (AvgIpc) is 3.32. The van der Waals surface area contributed by atoms with Gasteiger partial charge in [0.2, 0.25) is 15.0 Å². The highest BCUT2D eigenvalue weighted by molar-refractivity contribution is 7.90. The highest BCUT2D eigenvalue weighted by atomic mass is 32.2. The summed E-state index contributed by atoms with van der Waals surface area (Å²) >= 11 is 0. The molecule has 1 aromatic carbocycles. The third-order valence-electron chi connectivity index (χ3n) is 6.07. The van der Waals surface area contributed by atoms with Crippen LogP contribution < -0.4 is 0 Å². The molecule has 0 aliphatic carbocycles. The number of aromatic nitrogens is 2. The SMILES string of the molecule is CCCC1(CCC)OC(=O)C(C(c2cccc(CS(=O)(=O)c3ncc[nH]3)c2)C(C)(C)C)=C1O. The molecule has 0 fully saturated rings. The average molecular weight is 475 g/mol. The molecule has 0 saturated heterocycles. The predicted molar refractivity (Wildman–Crippen MR) is 126 cm³/mol. The van der Waals surface area contributed by atoms with Crippen LogP contribution in [-0.2, 0) is 25.1 Å². The fourth-order valence-corrected chi connectivity index (χ4v) is 6.04. The number of rotatable bonds is 9. The van der Waals surface area contributed by atoms with Gasteiger partial charge in [0.05, 0.1) is 11.3 Å². The van der Waals surface area contributed by atoms with E-state index >= 15 is 0 Å². The Labute approximate surface area is 196 Å². The van der Waals surface area contributed by atoms with Gasteiger partial charge in [-0.15, -0.1) is 0 Å². The summed E-state index contributed by atoms with van der Waals surface area (Å²) in [6.07, 6.45) is 5.52. The Morgan fingerprint density at radius 3 is 2.39 bits per heavy atom. The first-order valence-corrected chi connectivity index (χ1v) is 13.1. The van der Waals surface area contributed by atoms with Gasteiger partial charge in [-0.05, 0) is 29.4 Å². The molecule has 0 bridgehead atoms. The number of nitrogens with zero attached hydrogens (tertiary/aromatic N) is 1. The molecule has 1 unspecified atom stereocenters.